The van der Waals surface area contributed by atoms with Crippen LogP contribution >= 0.6 is 0 Å². The zero-order valence-electron chi connectivity index (χ0n) is 12.9. The Morgan fingerprint density at radius 3 is 2.18 bits per heavy atom. The summed E-state index contributed by atoms with van der Waals surface area (Å²) in [6.45, 7) is 1.83. The fourth-order valence-corrected chi connectivity index (χ4v) is 1.89. The minimum Gasteiger partial charge on any atom is -0.466 e. The maximum absolute atomic E-state index is 11.4. The van der Waals surface area contributed by atoms with E-state index >= 15 is 0 Å². The lowest BCUT2D eigenvalue weighted by atomic mass is 9.90. The van der Waals surface area contributed by atoms with Crippen LogP contribution in [0.15, 0.2) is 54.1 Å². The van der Waals surface area contributed by atoms with Gasteiger partial charge in [-0.15, -0.1) is 0 Å². The molecule has 0 aromatic heterocycles. The van der Waals surface area contributed by atoms with E-state index in [9.17, 15) is 14.7 Å². The molecular formula is C17H20O5. The number of aliphatic hydroxyl groups excluding tert-OH is 1. The molecule has 0 saturated carbocycles. The molecule has 118 valence electrons. The van der Waals surface area contributed by atoms with Gasteiger partial charge in [0, 0.05) is 18.1 Å². The molecule has 0 fully saturated rings. The van der Waals surface area contributed by atoms with Gasteiger partial charge in [-0.2, -0.15) is 0 Å². The van der Waals surface area contributed by atoms with Crippen LogP contribution in [0, 0.1) is 0 Å². The number of methoxy groups -OCH3 is 2. The number of carbonyl (C=O) groups is 2. The number of aliphatic hydroxyl groups is 1. The zero-order chi connectivity index (χ0) is 16.5. The lowest BCUT2D eigenvalue weighted by Crippen LogP contribution is -2.19. The van der Waals surface area contributed by atoms with Crippen molar-refractivity contribution in [3.8, 4) is 0 Å². The summed E-state index contributed by atoms with van der Waals surface area (Å²) in [5.74, 6) is -1.45. The Hall–Kier alpha value is -2.40. The number of benzene rings is 1. The molecule has 1 rings (SSSR count). The molecule has 1 aromatic rings. The van der Waals surface area contributed by atoms with Gasteiger partial charge in [-0.3, -0.25) is 0 Å². The van der Waals surface area contributed by atoms with E-state index in [1.807, 2.05) is 37.3 Å². The van der Waals surface area contributed by atoms with Crippen molar-refractivity contribution >= 4 is 11.9 Å². The van der Waals surface area contributed by atoms with Crippen molar-refractivity contribution in [3.63, 3.8) is 0 Å². The highest BCUT2D eigenvalue weighted by Gasteiger charge is 2.20. The van der Waals surface area contributed by atoms with Crippen LogP contribution in [-0.2, 0) is 19.1 Å². The molecule has 0 heterocycles. The van der Waals surface area contributed by atoms with Gasteiger partial charge in [-0.1, -0.05) is 37.3 Å². The first-order valence-corrected chi connectivity index (χ1v) is 6.78. The summed E-state index contributed by atoms with van der Waals surface area (Å²) in [6.07, 6.45) is 2.69. The summed E-state index contributed by atoms with van der Waals surface area (Å²) in [7, 11) is 2.49. The Morgan fingerprint density at radius 1 is 1.05 bits per heavy atom. The van der Waals surface area contributed by atoms with Crippen LogP contribution in [-0.4, -0.2) is 37.4 Å². The highest BCUT2D eigenvalue weighted by atomic mass is 16.5. The average Bonchev–Trinajstić information content (AvgIpc) is 2.57. The molecule has 2 atom stereocenters. The summed E-state index contributed by atoms with van der Waals surface area (Å²) in [6, 6.07) is 9.38. The Bertz CT molecular complexity index is 560. The fourth-order valence-electron chi connectivity index (χ4n) is 1.89. The molecule has 5 nitrogen and oxygen atoms in total. The second-order valence-corrected chi connectivity index (χ2v) is 4.67. The Morgan fingerprint density at radius 2 is 1.64 bits per heavy atom. The standard InChI is InChI=1S/C17H20O5/c1-12(13-7-5-4-6-8-13)17(20)14(11-16(19)22-3)9-10-15(18)21-2/h4-12,17,20H,1-3H3/b10-9+,14-11+. The van der Waals surface area contributed by atoms with E-state index in [-0.39, 0.29) is 11.5 Å². The van der Waals surface area contributed by atoms with Crippen molar-refractivity contribution in [2.75, 3.05) is 14.2 Å². The van der Waals surface area contributed by atoms with Crippen molar-refractivity contribution in [2.24, 2.45) is 0 Å². The Labute approximate surface area is 129 Å². The molecule has 1 aromatic carbocycles. The van der Waals surface area contributed by atoms with E-state index in [0.29, 0.717) is 0 Å². The average molecular weight is 304 g/mol. The van der Waals surface area contributed by atoms with Gasteiger partial charge in [-0.05, 0) is 17.2 Å². The summed E-state index contributed by atoms with van der Waals surface area (Å²) in [5.41, 5.74) is 1.19. The second-order valence-electron chi connectivity index (χ2n) is 4.67. The Balaban J connectivity index is 3.04. The Kier molecular flexibility index (Phi) is 7.05. The largest absolute Gasteiger partial charge is 0.466 e. The summed E-state index contributed by atoms with van der Waals surface area (Å²) < 4.78 is 9.08. The lowest BCUT2D eigenvalue weighted by molar-refractivity contribution is -0.135. The molecule has 5 heteroatoms. The fraction of sp³-hybridized carbons (Fsp3) is 0.294. The molecule has 1 N–H and O–H groups in total. The molecule has 22 heavy (non-hydrogen) atoms. The number of hydrogen-bond donors (Lipinski definition) is 1. The minimum atomic E-state index is -0.970. The molecule has 0 aliphatic carbocycles. The van der Waals surface area contributed by atoms with E-state index in [0.717, 1.165) is 17.7 Å². The smallest absolute Gasteiger partial charge is 0.330 e. The number of hydrogen-bond acceptors (Lipinski definition) is 5. The van der Waals surface area contributed by atoms with Gasteiger partial charge in [0.05, 0.1) is 20.3 Å². The molecule has 0 radical (unpaired) electrons. The highest BCUT2D eigenvalue weighted by molar-refractivity contribution is 5.85. The van der Waals surface area contributed by atoms with Gasteiger partial charge in [0.1, 0.15) is 0 Å². The minimum absolute atomic E-state index is 0.264. The maximum atomic E-state index is 11.4. The molecular weight excluding hydrogens is 284 g/mol. The van der Waals surface area contributed by atoms with Crippen LogP contribution in [0.2, 0.25) is 0 Å². The molecule has 0 aliphatic rings. The highest BCUT2D eigenvalue weighted by Crippen LogP contribution is 2.24. The number of carbonyl (C=O) groups excluding carboxylic acids is 2. The van der Waals surface area contributed by atoms with Crippen LogP contribution in [0.25, 0.3) is 0 Å². The van der Waals surface area contributed by atoms with Crippen LogP contribution in [0.1, 0.15) is 18.4 Å². The van der Waals surface area contributed by atoms with E-state index in [4.69, 9.17) is 0 Å². The quantitative estimate of drug-likeness (QED) is 0.494. The van der Waals surface area contributed by atoms with Gasteiger partial charge in [-0.25, -0.2) is 9.59 Å². The van der Waals surface area contributed by atoms with E-state index < -0.39 is 18.0 Å². The third-order valence-corrected chi connectivity index (χ3v) is 3.24. The van der Waals surface area contributed by atoms with Gasteiger partial charge in [0.2, 0.25) is 0 Å². The van der Waals surface area contributed by atoms with Gasteiger partial charge in [0.25, 0.3) is 0 Å². The number of ether oxygens (including phenoxy) is 2. The summed E-state index contributed by atoms with van der Waals surface area (Å²) >= 11 is 0. The van der Waals surface area contributed by atoms with E-state index in [2.05, 4.69) is 9.47 Å². The van der Waals surface area contributed by atoms with Crippen molar-refractivity contribution in [1.29, 1.82) is 0 Å². The van der Waals surface area contributed by atoms with Gasteiger partial charge < -0.3 is 14.6 Å². The monoisotopic (exact) mass is 304 g/mol. The first-order chi connectivity index (χ1) is 10.5. The summed E-state index contributed by atoms with van der Waals surface area (Å²) in [5, 5.41) is 10.5. The third kappa shape index (κ3) is 5.18. The van der Waals surface area contributed by atoms with Crippen molar-refractivity contribution in [2.45, 2.75) is 18.9 Å². The maximum Gasteiger partial charge on any atom is 0.330 e. The molecule has 0 bridgehead atoms. The van der Waals surface area contributed by atoms with Gasteiger partial charge in [0.15, 0.2) is 0 Å². The van der Waals surface area contributed by atoms with E-state index in [1.54, 1.807) is 0 Å². The summed E-state index contributed by atoms with van der Waals surface area (Å²) in [4.78, 5) is 22.6. The predicted octanol–water partition coefficient (Wildman–Crippen LogP) is 1.98. The van der Waals surface area contributed by atoms with Gasteiger partial charge >= 0.3 is 11.9 Å². The molecule has 0 amide bonds. The number of esters is 2. The van der Waals surface area contributed by atoms with Crippen molar-refractivity contribution in [1.82, 2.24) is 0 Å². The normalized spacial score (nSPS) is 14.5. The third-order valence-electron chi connectivity index (χ3n) is 3.24. The first kappa shape index (κ1) is 17.7. The lowest BCUT2D eigenvalue weighted by Gasteiger charge is -2.20. The topological polar surface area (TPSA) is 72.8 Å². The first-order valence-electron chi connectivity index (χ1n) is 6.78. The van der Waals surface area contributed by atoms with Crippen molar-refractivity contribution in [3.05, 3.63) is 59.7 Å². The second kappa shape index (κ2) is 8.79. The van der Waals surface area contributed by atoms with E-state index in [1.165, 1.54) is 20.3 Å². The molecule has 0 saturated heterocycles. The SMILES string of the molecule is COC(=O)/C=C/C(=C\C(=O)OC)C(O)C(C)c1ccccc1. The zero-order valence-corrected chi connectivity index (χ0v) is 12.9. The van der Waals surface area contributed by atoms with Crippen LogP contribution in [0.5, 0.6) is 0 Å². The van der Waals surface area contributed by atoms with Crippen LogP contribution in [0.4, 0.5) is 0 Å². The number of rotatable bonds is 6. The molecule has 0 spiro atoms. The molecule has 2 unspecified atom stereocenters. The molecule has 0 aliphatic heterocycles. The predicted molar refractivity (Wildman–Crippen MR) is 82.1 cm³/mol. The van der Waals surface area contributed by atoms with Crippen LogP contribution < -0.4 is 0 Å². The van der Waals surface area contributed by atoms with Crippen LogP contribution in [0.3, 0.4) is 0 Å². The van der Waals surface area contributed by atoms with Crippen molar-refractivity contribution < 1.29 is 24.2 Å².